The number of nitrogens with one attached hydrogen (secondary N) is 1. The maximum absolute atomic E-state index is 12.2. The van der Waals surface area contributed by atoms with Crippen LogP contribution >= 0.6 is 11.6 Å². The third kappa shape index (κ3) is 3.85. The van der Waals surface area contributed by atoms with Gasteiger partial charge in [0.2, 0.25) is 5.91 Å². The van der Waals surface area contributed by atoms with Crippen LogP contribution in [0.2, 0.25) is 5.02 Å². The Bertz CT molecular complexity index is 766. The van der Waals surface area contributed by atoms with Crippen molar-refractivity contribution >= 4 is 23.1 Å². The SMILES string of the molecule is CC/C(=C\C(=O)NCCc1nnc2n1CCC2)c1cccc(Cl)c1. The molecule has 1 aliphatic heterocycles. The van der Waals surface area contributed by atoms with Crippen LogP contribution in [-0.4, -0.2) is 27.2 Å². The molecular weight excluding hydrogens is 324 g/mol. The summed E-state index contributed by atoms with van der Waals surface area (Å²) in [5.74, 6) is 1.93. The van der Waals surface area contributed by atoms with Crippen LogP contribution in [0.1, 0.15) is 37.0 Å². The standard InChI is InChI=1S/C18H21ClN4O/c1-2-13(14-5-3-6-15(19)11-14)12-18(24)20-9-8-17-22-21-16-7-4-10-23(16)17/h3,5-6,11-12H,2,4,7-10H2,1H3,(H,20,24)/b13-12+. The molecule has 0 atom stereocenters. The van der Waals surface area contributed by atoms with Gasteiger partial charge in [0.1, 0.15) is 11.6 Å². The maximum atomic E-state index is 12.2. The molecule has 2 heterocycles. The van der Waals surface area contributed by atoms with Gasteiger partial charge in [0.15, 0.2) is 0 Å². The van der Waals surface area contributed by atoms with Crippen molar-refractivity contribution in [3.63, 3.8) is 0 Å². The van der Waals surface area contributed by atoms with Gasteiger partial charge in [-0.2, -0.15) is 0 Å². The second-order valence-electron chi connectivity index (χ2n) is 5.86. The number of carbonyl (C=O) groups is 1. The number of benzene rings is 1. The van der Waals surface area contributed by atoms with Crippen molar-refractivity contribution in [1.29, 1.82) is 0 Å². The van der Waals surface area contributed by atoms with Gasteiger partial charge in [-0.05, 0) is 36.1 Å². The van der Waals surface area contributed by atoms with Crippen LogP contribution in [-0.2, 0) is 24.2 Å². The lowest BCUT2D eigenvalue weighted by Crippen LogP contribution is -2.25. The molecule has 6 heteroatoms. The lowest BCUT2D eigenvalue weighted by molar-refractivity contribution is -0.116. The quantitative estimate of drug-likeness (QED) is 0.819. The first-order valence-electron chi connectivity index (χ1n) is 8.32. The van der Waals surface area contributed by atoms with Gasteiger partial charge < -0.3 is 9.88 Å². The van der Waals surface area contributed by atoms with Crippen molar-refractivity contribution in [1.82, 2.24) is 20.1 Å². The van der Waals surface area contributed by atoms with Gasteiger partial charge in [-0.1, -0.05) is 30.7 Å². The van der Waals surface area contributed by atoms with Crippen molar-refractivity contribution < 1.29 is 4.79 Å². The Balaban J connectivity index is 1.57. The zero-order valence-corrected chi connectivity index (χ0v) is 14.5. The van der Waals surface area contributed by atoms with E-state index < -0.39 is 0 Å². The van der Waals surface area contributed by atoms with Crippen LogP contribution in [0.5, 0.6) is 0 Å². The van der Waals surface area contributed by atoms with E-state index >= 15 is 0 Å². The van der Waals surface area contributed by atoms with Gasteiger partial charge >= 0.3 is 0 Å². The van der Waals surface area contributed by atoms with E-state index in [1.165, 1.54) is 0 Å². The van der Waals surface area contributed by atoms with E-state index in [2.05, 4.69) is 20.1 Å². The molecule has 1 amide bonds. The molecule has 5 nitrogen and oxygen atoms in total. The third-order valence-corrected chi connectivity index (χ3v) is 4.45. The molecule has 0 aliphatic carbocycles. The Morgan fingerprint density at radius 3 is 3.08 bits per heavy atom. The van der Waals surface area contributed by atoms with Gasteiger partial charge in [-0.15, -0.1) is 10.2 Å². The number of amides is 1. The van der Waals surface area contributed by atoms with E-state index in [1.807, 2.05) is 31.2 Å². The number of aromatic nitrogens is 3. The second-order valence-corrected chi connectivity index (χ2v) is 6.30. The van der Waals surface area contributed by atoms with Crippen LogP contribution in [0.25, 0.3) is 5.57 Å². The highest BCUT2D eigenvalue weighted by Crippen LogP contribution is 2.21. The molecule has 0 unspecified atom stereocenters. The van der Waals surface area contributed by atoms with Crippen LogP contribution in [0.15, 0.2) is 30.3 Å². The fourth-order valence-electron chi connectivity index (χ4n) is 2.98. The fraction of sp³-hybridized carbons (Fsp3) is 0.389. The van der Waals surface area contributed by atoms with Crippen molar-refractivity contribution in [2.24, 2.45) is 0 Å². The Kier molecular flexibility index (Phi) is 5.30. The predicted octanol–water partition coefficient (Wildman–Crippen LogP) is 3.03. The largest absolute Gasteiger partial charge is 0.352 e. The van der Waals surface area contributed by atoms with E-state index in [9.17, 15) is 4.79 Å². The molecule has 3 rings (SSSR count). The summed E-state index contributed by atoms with van der Waals surface area (Å²) in [5, 5.41) is 12.0. The number of hydrogen-bond donors (Lipinski definition) is 1. The molecule has 0 saturated carbocycles. The first-order chi connectivity index (χ1) is 11.7. The monoisotopic (exact) mass is 344 g/mol. The van der Waals surface area contributed by atoms with E-state index in [4.69, 9.17) is 11.6 Å². The number of hydrogen-bond acceptors (Lipinski definition) is 3. The van der Waals surface area contributed by atoms with Crippen LogP contribution < -0.4 is 5.32 Å². The van der Waals surface area contributed by atoms with Crippen molar-refractivity contribution in [3.05, 3.63) is 52.6 Å². The molecule has 0 spiro atoms. The van der Waals surface area contributed by atoms with E-state index in [0.717, 1.165) is 48.6 Å². The van der Waals surface area contributed by atoms with E-state index in [0.29, 0.717) is 18.0 Å². The molecule has 24 heavy (non-hydrogen) atoms. The normalized spacial score (nSPS) is 13.8. The minimum absolute atomic E-state index is 0.0898. The Hall–Kier alpha value is -2.14. The van der Waals surface area contributed by atoms with Crippen LogP contribution in [0.3, 0.4) is 0 Å². The summed E-state index contributed by atoms with van der Waals surface area (Å²) >= 11 is 6.03. The van der Waals surface area contributed by atoms with Crippen molar-refractivity contribution in [2.45, 2.75) is 39.2 Å². The number of nitrogens with zero attached hydrogens (tertiary/aromatic N) is 3. The average molecular weight is 345 g/mol. The van der Waals surface area contributed by atoms with Gasteiger partial charge in [-0.3, -0.25) is 4.79 Å². The van der Waals surface area contributed by atoms with Gasteiger partial charge in [0, 0.05) is 37.0 Å². The molecule has 0 fully saturated rings. The molecule has 126 valence electrons. The molecule has 0 bridgehead atoms. The molecule has 2 aromatic rings. The van der Waals surface area contributed by atoms with Crippen molar-refractivity contribution in [2.75, 3.05) is 6.54 Å². The first kappa shape index (κ1) is 16.7. The van der Waals surface area contributed by atoms with E-state index in [1.54, 1.807) is 6.08 Å². The summed E-state index contributed by atoms with van der Waals surface area (Å²) in [4.78, 5) is 12.2. The van der Waals surface area contributed by atoms with E-state index in [-0.39, 0.29) is 5.91 Å². The Morgan fingerprint density at radius 2 is 2.29 bits per heavy atom. The van der Waals surface area contributed by atoms with Gasteiger partial charge in [-0.25, -0.2) is 0 Å². The highest BCUT2D eigenvalue weighted by atomic mass is 35.5. The van der Waals surface area contributed by atoms with Crippen LogP contribution in [0.4, 0.5) is 0 Å². The number of rotatable bonds is 6. The third-order valence-electron chi connectivity index (χ3n) is 4.22. The summed E-state index contributed by atoms with van der Waals surface area (Å²) in [6, 6.07) is 7.57. The van der Waals surface area contributed by atoms with Crippen molar-refractivity contribution in [3.8, 4) is 0 Å². The maximum Gasteiger partial charge on any atom is 0.244 e. The molecule has 1 aromatic carbocycles. The second kappa shape index (κ2) is 7.62. The summed E-state index contributed by atoms with van der Waals surface area (Å²) in [7, 11) is 0. The minimum atomic E-state index is -0.0898. The fourth-order valence-corrected chi connectivity index (χ4v) is 3.17. The molecule has 1 aromatic heterocycles. The number of aryl methyl sites for hydroxylation is 1. The topological polar surface area (TPSA) is 59.8 Å². The smallest absolute Gasteiger partial charge is 0.244 e. The summed E-state index contributed by atoms with van der Waals surface area (Å²) in [6.07, 6.45) is 5.25. The molecular formula is C18H21ClN4O. The lowest BCUT2D eigenvalue weighted by Gasteiger charge is -2.07. The zero-order valence-electron chi connectivity index (χ0n) is 13.8. The van der Waals surface area contributed by atoms with Gasteiger partial charge in [0.05, 0.1) is 0 Å². The summed E-state index contributed by atoms with van der Waals surface area (Å²) in [5.41, 5.74) is 1.95. The number of allylic oxidation sites excluding steroid dienone is 1. The highest BCUT2D eigenvalue weighted by Gasteiger charge is 2.16. The summed E-state index contributed by atoms with van der Waals surface area (Å²) in [6.45, 7) is 3.57. The zero-order chi connectivity index (χ0) is 16.9. The molecule has 1 N–H and O–H groups in total. The van der Waals surface area contributed by atoms with Crippen LogP contribution in [0, 0.1) is 0 Å². The molecule has 0 radical (unpaired) electrons. The average Bonchev–Trinajstić information content (AvgIpc) is 3.17. The lowest BCUT2D eigenvalue weighted by atomic mass is 10.0. The highest BCUT2D eigenvalue weighted by molar-refractivity contribution is 6.30. The predicted molar refractivity (Wildman–Crippen MR) is 94.8 cm³/mol. The number of fused-ring (bicyclic) bond motifs is 1. The molecule has 1 aliphatic rings. The first-order valence-corrected chi connectivity index (χ1v) is 8.70. The summed E-state index contributed by atoms with van der Waals surface area (Å²) < 4.78 is 2.16. The number of carbonyl (C=O) groups excluding carboxylic acids is 1. The minimum Gasteiger partial charge on any atom is -0.352 e. The molecule has 0 saturated heterocycles. The number of halogens is 1. The Labute approximate surface area is 146 Å². The Morgan fingerprint density at radius 1 is 1.42 bits per heavy atom. The van der Waals surface area contributed by atoms with Gasteiger partial charge in [0.25, 0.3) is 0 Å².